The Morgan fingerprint density at radius 1 is 1.43 bits per heavy atom. The average molecular weight is 180 g/mol. The lowest BCUT2D eigenvalue weighted by molar-refractivity contribution is -0.122. The standard InChI is InChI=1S/C5H3B4N3O2/c6-2(1-10)11-4(13)3(7)12(9)5(8)14/h2-3H,(H,11,13). The summed E-state index contributed by atoms with van der Waals surface area (Å²) < 4.78 is 0. The maximum atomic E-state index is 11.1. The van der Waals surface area contributed by atoms with Gasteiger partial charge in [0.1, 0.15) is 21.5 Å². The van der Waals surface area contributed by atoms with Gasteiger partial charge in [0.05, 0.1) is 18.0 Å². The molecule has 0 saturated carbocycles. The van der Waals surface area contributed by atoms with Crippen LogP contribution in [0.3, 0.4) is 0 Å². The number of nitriles is 1. The van der Waals surface area contributed by atoms with Crippen molar-refractivity contribution < 1.29 is 9.59 Å². The number of carbonyl (C=O) groups excluding carboxylic acids is 2. The van der Waals surface area contributed by atoms with Crippen LogP contribution in [0.5, 0.6) is 0 Å². The Morgan fingerprint density at radius 3 is 2.29 bits per heavy atom. The molecule has 2 atom stereocenters. The van der Waals surface area contributed by atoms with Gasteiger partial charge in [-0.15, -0.1) is 0 Å². The zero-order valence-electron chi connectivity index (χ0n) is 7.18. The van der Waals surface area contributed by atoms with Gasteiger partial charge in [-0.05, 0) is 0 Å². The van der Waals surface area contributed by atoms with Crippen molar-refractivity contribution in [2.24, 2.45) is 0 Å². The van der Waals surface area contributed by atoms with Crippen LogP contribution in [0.2, 0.25) is 0 Å². The Hall–Kier alpha value is -1.31. The summed E-state index contributed by atoms with van der Waals surface area (Å²) in [6.45, 7) is 0. The quantitative estimate of drug-likeness (QED) is 0.480. The van der Waals surface area contributed by atoms with Gasteiger partial charge in [0, 0.05) is 0 Å². The summed E-state index contributed by atoms with van der Waals surface area (Å²) in [5, 5.41) is 10.2. The van der Waals surface area contributed by atoms with E-state index in [4.69, 9.17) is 36.8 Å². The van der Waals surface area contributed by atoms with E-state index in [0.29, 0.717) is 4.81 Å². The third kappa shape index (κ3) is 3.60. The average Bonchev–Trinajstić information content (AvgIpc) is 2.14. The van der Waals surface area contributed by atoms with Gasteiger partial charge in [0.2, 0.25) is 13.9 Å². The van der Waals surface area contributed by atoms with E-state index in [-0.39, 0.29) is 0 Å². The second kappa shape index (κ2) is 5.43. The van der Waals surface area contributed by atoms with Crippen LogP contribution in [-0.2, 0) is 4.79 Å². The van der Waals surface area contributed by atoms with Crippen molar-refractivity contribution in [1.82, 2.24) is 10.1 Å². The first kappa shape index (κ1) is 12.7. The summed E-state index contributed by atoms with van der Waals surface area (Å²) >= 11 is 0. The summed E-state index contributed by atoms with van der Waals surface area (Å²) in [5.41, 5.74) is 0. The minimum absolute atomic E-state index is 0.319. The van der Waals surface area contributed by atoms with Gasteiger partial charge < -0.3 is 10.1 Å². The molecule has 0 aromatic rings. The zero-order valence-corrected chi connectivity index (χ0v) is 7.18. The van der Waals surface area contributed by atoms with E-state index in [0.717, 1.165) is 0 Å². The molecule has 0 bridgehead atoms. The number of carbonyl (C=O) groups is 2. The van der Waals surface area contributed by atoms with E-state index < -0.39 is 23.6 Å². The van der Waals surface area contributed by atoms with E-state index in [1.807, 2.05) is 5.32 Å². The topological polar surface area (TPSA) is 73.2 Å². The second-order valence-electron chi connectivity index (χ2n) is 2.31. The molecule has 5 nitrogen and oxygen atoms in total. The van der Waals surface area contributed by atoms with Crippen molar-refractivity contribution in [2.45, 2.75) is 11.9 Å². The van der Waals surface area contributed by atoms with E-state index >= 15 is 0 Å². The molecule has 62 valence electrons. The van der Waals surface area contributed by atoms with Crippen LogP contribution in [0.15, 0.2) is 0 Å². The minimum Gasteiger partial charge on any atom is -0.403 e. The van der Waals surface area contributed by atoms with Crippen molar-refractivity contribution in [3.05, 3.63) is 0 Å². The van der Waals surface area contributed by atoms with Crippen molar-refractivity contribution >= 4 is 43.2 Å². The van der Waals surface area contributed by atoms with Crippen molar-refractivity contribution in [1.29, 1.82) is 5.26 Å². The lowest BCUT2D eigenvalue weighted by Gasteiger charge is -2.25. The van der Waals surface area contributed by atoms with Gasteiger partial charge in [0.15, 0.2) is 7.85 Å². The van der Waals surface area contributed by atoms with Crippen molar-refractivity contribution in [3.63, 3.8) is 0 Å². The number of amides is 2. The summed E-state index contributed by atoms with van der Waals surface area (Å²) in [5.74, 6) is -4.64. The maximum Gasteiger partial charge on any atom is 0.232 e. The fraction of sp³-hybridized carbons (Fsp3) is 0.400. The van der Waals surface area contributed by atoms with Crippen molar-refractivity contribution in [3.8, 4) is 6.07 Å². The highest BCUT2D eigenvalue weighted by Crippen LogP contribution is 1.91. The molecule has 1 N–H and O–H groups in total. The lowest BCUT2D eigenvalue weighted by atomic mass is 9.87. The molecule has 0 fully saturated rings. The normalized spacial score (nSPS) is 13.4. The third-order valence-corrected chi connectivity index (χ3v) is 1.26. The van der Waals surface area contributed by atoms with Gasteiger partial charge in [-0.2, -0.15) is 5.26 Å². The third-order valence-electron chi connectivity index (χ3n) is 1.26. The summed E-state index contributed by atoms with van der Waals surface area (Å²) in [4.78, 5) is 21.8. The lowest BCUT2D eigenvalue weighted by Crippen LogP contribution is -2.51. The molecule has 8 radical (unpaired) electrons. The number of nitrogens with one attached hydrogen (secondary N) is 1. The summed E-state index contributed by atoms with van der Waals surface area (Å²) in [6.07, 6.45) is 0. The van der Waals surface area contributed by atoms with E-state index in [2.05, 4.69) is 0 Å². The van der Waals surface area contributed by atoms with Gasteiger partial charge >= 0.3 is 0 Å². The van der Waals surface area contributed by atoms with Crippen LogP contribution in [-0.4, -0.2) is 59.9 Å². The van der Waals surface area contributed by atoms with Crippen LogP contribution in [0.25, 0.3) is 0 Å². The highest BCUT2D eigenvalue weighted by Gasteiger charge is 2.19. The van der Waals surface area contributed by atoms with Gasteiger partial charge in [-0.25, -0.2) is 0 Å². The van der Waals surface area contributed by atoms with Gasteiger partial charge in [0.25, 0.3) is 0 Å². The SMILES string of the molecule is [B]C(=O)N([B])C([B])C(=O)NC([B])C#N. The van der Waals surface area contributed by atoms with Crippen LogP contribution in [0.4, 0.5) is 4.79 Å². The molecule has 0 rings (SSSR count). The molecule has 0 heterocycles. The number of hydrogen-bond donors (Lipinski definition) is 1. The highest BCUT2D eigenvalue weighted by molar-refractivity contribution is 6.60. The highest BCUT2D eigenvalue weighted by atomic mass is 16.2. The molecule has 0 aliphatic rings. The van der Waals surface area contributed by atoms with E-state index in [1.54, 1.807) is 0 Å². The Bertz CT molecular complexity index is 279. The van der Waals surface area contributed by atoms with Gasteiger partial charge in [-0.1, -0.05) is 0 Å². The Labute approximate surface area is 86.9 Å². The largest absolute Gasteiger partial charge is 0.403 e. The fourth-order valence-corrected chi connectivity index (χ4v) is 0.534. The monoisotopic (exact) mass is 181 g/mol. The molecule has 0 aliphatic carbocycles. The first-order chi connectivity index (χ1) is 6.40. The number of rotatable bonds is 3. The number of hydrogen-bond acceptors (Lipinski definition) is 3. The molecule has 0 aromatic carbocycles. The second-order valence-corrected chi connectivity index (χ2v) is 2.31. The summed E-state index contributed by atoms with van der Waals surface area (Å²) in [6, 6.07) is 1.53. The Kier molecular flexibility index (Phi) is 4.92. The van der Waals surface area contributed by atoms with Crippen LogP contribution in [0.1, 0.15) is 0 Å². The first-order valence-electron chi connectivity index (χ1n) is 3.44. The summed E-state index contributed by atoms with van der Waals surface area (Å²) in [7, 11) is 20.0. The predicted octanol–water partition coefficient (Wildman–Crippen LogP) is -2.71. The minimum atomic E-state index is -1.48. The molecule has 9 heteroatoms. The molecule has 0 aromatic heterocycles. The Morgan fingerprint density at radius 2 is 1.93 bits per heavy atom. The number of nitrogens with zero attached hydrogens (tertiary/aromatic N) is 2. The van der Waals surface area contributed by atoms with Crippen molar-refractivity contribution in [2.75, 3.05) is 0 Å². The maximum absolute atomic E-state index is 11.1. The molecule has 0 spiro atoms. The van der Waals surface area contributed by atoms with E-state index in [1.165, 1.54) is 6.07 Å². The molecule has 2 amide bonds. The van der Waals surface area contributed by atoms with Crippen LogP contribution in [0, 0.1) is 11.3 Å². The fourth-order valence-electron chi connectivity index (χ4n) is 0.534. The molecule has 0 saturated heterocycles. The first-order valence-corrected chi connectivity index (χ1v) is 3.44. The molecule has 14 heavy (non-hydrogen) atoms. The Balaban J connectivity index is 4.27. The molecular formula is C5H3B4N3O2. The zero-order chi connectivity index (χ0) is 11.3. The van der Waals surface area contributed by atoms with Crippen LogP contribution < -0.4 is 5.32 Å². The molecule has 2 unspecified atom stereocenters. The smallest absolute Gasteiger partial charge is 0.232 e. The molecule has 0 aliphatic heterocycles. The van der Waals surface area contributed by atoms with Gasteiger partial charge in [-0.3, -0.25) is 9.59 Å². The predicted molar refractivity (Wildman–Crippen MR) is 51.6 cm³/mol. The van der Waals surface area contributed by atoms with Crippen LogP contribution >= 0.6 is 0 Å². The molecular weight excluding hydrogens is 177 g/mol. The van der Waals surface area contributed by atoms with E-state index in [9.17, 15) is 9.59 Å².